The molecule has 80 valence electrons. The van der Waals surface area contributed by atoms with Crippen LogP contribution in [0.5, 0.6) is 0 Å². The summed E-state index contributed by atoms with van der Waals surface area (Å²) in [7, 11) is 0. The van der Waals surface area contributed by atoms with E-state index in [4.69, 9.17) is 16.0 Å². The molecule has 0 aliphatic rings. The van der Waals surface area contributed by atoms with Gasteiger partial charge in [0.15, 0.2) is 5.58 Å². The molecule has 0 aliphatic carbocycles. The standard InChI is InChI=1S/C11H11ClFNO/c1-2-14-5-7-6-15-11-9(7)3-8(13)4-10(11)12/h3-4,6,14H,2,5H2,1H3. The van der Waals surface area contributed by atoms with Gasteiger partial charge in [-0.25, -0.2) is 4.39 Å². The Morgan fingerprint density at radius 3 is 3.00 bits per heavy atom. The second kappa shape index (κ2) is 4.21. The summed E-state index contributed by atoms with van der Waals surface area (Å²) in [5.74, 6) is -0.341. The van der Waals surface area contributed by atoms with Gasteiger partial charge in [-0.3, -0.25) is 0 Å². The van der Waals surface area contributed by atoms with E-state index in [1.165, 1.54) is 12.1 Å². The topological polar surface area (TPSA) is 25.2 Å². The van der Waals surface area contributed by atoms with Crippen LogP contribution in [0.4, 0.5) is 4.39 Å². The quantitative estimate of drug-likeness (QED) is 0.870. The minimum Gasteiger partial charge on any atom is -0.462 e. The van der Waals surface area contributed by atoms with E-state index in [0.29, 0.717) is 17.2 Å². The Labute approximate surface area is 92.0 Å². The molecule has 0 radical (unpaired) electrons. The zero-order chi connectivity index (χ0) is 10.8. The minimum atomic E-state index is -0.341. The number of rotatable bonds is 3. The first-order valence-corrected chi connectivity index (χ1v) is 5.16. The lowest BCUT2D eigenvalue weighted by molar-refractivity contribution is 0.601. The first kappa shape index (κ1) is 10.5. The molecule has 1 heterocycles. The number of halogens is 2. The summed E-state index contributed by atoms with van der Waals surface area (Å²) in [6.45, 7) is 3.52. The first-order valence-electron chi connectivity index (χ1n) is 4.78. The fourth-order valence-corrected chi connectivity index (χ4v) is 1.76. The average molecular weight is 228 g/mol. The third kappa shape index (κ3) is 1.98. The Hall–Kier alpha value is -1.06. The summed E-state index contributed by atoms with van der Waals surface area (Å²) in [6, 6.07) is 2.70. The molecule has 0 amide bonds. The molecule has 2 nitrogen and oxygen atoms in total. The number of fused-ring (bicyclic) bond motifs is 1. The molecule has 0 aliphatic heterocycles. The zero-order valence-electron chi connectivity index (χ0n) is 8.31. The largest absolute Gasteiger partial charge is 0.462 e. The zero-order valence-corrected chi connectivity index (χ0v) is 9.07. The van der Waals surface area contributed by atoms with Crippen LogP contribution in [0.1, 0.15) is 12.5 Å². The lowest BCUT2D eigenvalue weighted by atomic mass is 10.1. The molecule has 4 heteroatoms. The summed E-state index contributed by atoms with van der Waals surface area (Å²) >= 11 is 5.86. The van der Waals surface area contributed by atoms with Crippen molar-refractivity contribution in [3.63, 3.8) is 0 Å². The normalized spacial score (nSPS) is 11.1. The second-order valence-electron chi connectivity index (χ2n) is 3.31. The van der Waals surface area contributed by atoms with Crippen LogP contribution in [0, 0.1) is 5.82 Å². The van der Waals surface area contributed by atoms with Crippen LogP contribution in [-0.4, -0.2) is 6.54 Å². The maximum Gasteiger partial charge on any atom is 0.152 e. The van der Waals surface area contributed by atoms with Crippen LogP contribution in [-0.2, 0) is 6.54 Å². The van der Waals surface area contributed by atoms with Gasteiger partial charge in [0.25, 0.3) is 0 Å². The van der Waals surface area contributed by atoms with E-state index in [0.717, 1.165) is 17.5 Å². The van der Waals surface area contributed by atoms with Crippen molar-refractivity contribution in [3.8, 4) is 0 Å². The van der Waals surface area contributed by atoms with Gasteiger partial charge in [-0.05, 0) is 18.7 Å². The molecule has 15 heavy (non-hydrogen) atoms. The summed E-state index contributed by atoms with van der Waals surface area (Å²) in [6.07, 6.45) is 1.61. The second-order valence-corrected chi connectivity index (χ2v) is 3.71. The van der Waals surface area contributed by atoms with Crippen molar-refractivity contribution in [1.29, 1.82) is 0 Å². The summed E-state index contributed by atoms with van der Waals surface area (Å²) in [5.41, 5.74) is 1.47. The van der Waals surface area contributed by atoms with Gasteiger partial charge in [-0.2, -0.15) is 0 Å². The smallest absolute Gasteiger partial charge is 0.152 e. The van der Waals surface area contributed by atoms with Gasteiger partial charge >= 0.3 is 0 Å². The molecule has 2 rings (SSSR count). The molecule has 1 aromatic heterocycles. The van der Waals surface area contributed by atoms with E-state index < -0.39 is 0 Å². The Morgan fingerprint density at radius 1 is 1.47 bits per heavy atom. The third-order valence-corrected chi connectivity index (χ3v) is 2.52. The lowest BCUT2D eigenvalue weighted by Crippen LogP contribution is -2.11. The van der Waals surface area contributed by atoms with E-state index in [2.05, 4.69) is 5.32 Å². The van der Waals surface area contributed by atoms with Crippen LogP contribution in [0.25, 0.3) is 11.0 Å². The molecule has 0 fully saturated rings. The van der Waals surface area contributed by atoms with Gasteiger partial charge in [-0.1, -0.05) is 18.5 Å². The highest BCUT2D eigenvalue weighted by molar-refractivity contribution is 6.34. The van der Waals surface area contributed by atoms with Crippen LogP contribution in [0.15, 0.2) is 22.8 Å². The molecule has 0 spiro atoms. The van der Waals surface area contributed by atoms with Crippen LogP contribution in [0.3, 0.4) is 0 Å². The van der Waals surface area contributed by atoms with Crippen molar-refractivity contribution in [3.05, 3.63) is 34.8 Å². The Morgan fingerprint density at radius 2 is 2.27 bits per heavy atom. The van der Waals surface area contributed by atoms with Gasteiger partial charge in [-0.15, -0.1) is 0 Å². The highest BCUT2D eigenvalue weighted by atomic mass is 35.5. The number of hydrogen-bond acceptors (Lipinski definition) is 2. The lowest BCUT2D eigenvalue weighted by Gasteiger charge is -1.99. The monoisotopic (exact) mass is 227 g/mol. The fourth-order valence-electron chi connectivity index (χ4n) is 1.51. The summed E-state index contributed by atoms with van der Waals surface area (Å²) in [5, 5.41) is 4.21. The Kier molecular flexibility index (Phi) is 2.93. The van der Waals surface area contributed by atoms with Gasteiger partial charge in [0.05, 0.1) is 11.3 Å². The Bertz CT molecular complexity index is 481. The van der Waals surface area contributed by atoms with Crippen molar-refractivity contribution < 1.29 is 8.81 Å². The van der Waals surface area contributed by atoms with Crippen molar-refractivity contribution in [2.75, 3.05) is 6.54 Å². The first-order chi connectivity index (χ1) is 7.22. The molecule has 0 bridgehead atoms. The maximum atomic E-state index is 13.1. The van der Waals surface area contributed by atoms with E-state index >= 15 is 0 Å². The predicted molar refractivity (Wildman–Crippen MR) is 58.6 cm³/mol. The van der Waals surface area contributed by atoms with Crippen LogP contribution in [0.2, 0.25) is 5.02 Å². The SMILES string of the molecule is CCNCc1coc2c(Cl)cc(F)cc12. The molecule has 1 N–H and O–H groups in total. The van der Waals surface area contributed by atoms with Gasteiger partial charge < -0.3 is 9.73 Å². The predicted octanol–water partition coefficient (Wildman–Crippen LogP) is 3.33. The van der Waals surface area contributed by atoms with E-state index in [1.807, 2.05) is 6.92 Å². The van der Waals surface area contributed by atoms with Gasteiger partial charge in [0.2, 0.25) is 0 Å². The molecule has 0 atom stereocenters. The van der Waals surface area contributed by atoms with Gasteiger partial charge in [0.1, 0.15) is 5.82 Å². The van der Waals surface area contributed by atoms with E-state index in [9.17, 15) is 4.39 Å². The van der Waals surface area contributed by atoms with Crippen LogP contribution >= 0.6 is 11.6 Å². The highest BCUT2D eigenvalue weighted by Crippen LogP contribution is 2.29. The van der Waals surface area contributed by atoms with Crippen molar-refractivity contribution in [1.82, 2.24) is 5.32 Å². The molecular formula is C11H11ClFNO. The minimum absolute atomic E-state index is 0.313. The molecular weight excluding hydrogens is 217 g/mol. The number of nitrogens with one attached hydrogen (secondary N) is 1. The highest BCUT2D eigenvalue weighted by Gasteiger charge is 2.10. The Balaban J connectivity index is 2.49. The molecule has 1 aromatic carbocycles. The van der Waals surface area contributed by atoms with Crippen molar-refractivity contribution >= 4 is 22.6 Å². The molecule has 2 aromatic rings. The molecule has 0 unspecified atom stereocenters. The number of benzene rings is 1. The van der Waals surface area contributed by atoms with E-state index in [1.54, 1.807) is 6.26 Å². The molecule has 0 saturated carbocycles. The number of hydrogen-bond donors (Lipinski definition) is 1. The van der Waals surface area contributed by atoms with Gasteiger partial charge in [0, 0.05) is 17.5 Å². The average Bonchev–Trinajstić information content (AvgIpc) is 2.58. The van der Waals surface area contributed by atoms with Crippen molar-refractivity contribution in [2.45, 2.75) is 13.5 Å². The third-order valence-electron chi connectivity index (χ3n) is 2.24. The van der Waals surface area contributed by atoms with Crippen molar-refractivity contribution in [2.24, 2.45) is 0 Å². The fraction of sp³-hybridized carbons (Fsp3) is 0.273. The van der Waals surface area contributed by atoms with Crippen LogP contribution < -0.4 is 5.32 Å². The summed E-state index contributed by atoms with van der Waals surface area (Å²) in [4.78, 5) is 0. The maximum absolute atomic E-state index is 13.1. The van der Waals surface area contributed by atoms with E-state index in [-0.39, 0.29) is 5.82 Å². The number of furan rings is 1. The molecule has 0 saturated heterocycles. The summed E-state index contributed by atoms with van der Waals surface area (Å²) < 4.78 is 18.4.